The third kappa shape index (κ3) is 4.80. The van der Waals surface area contributed by atoms with Crippen LogP contribution in [0, 0.1) is 0 Å². The Kier molecular flexibility index (Phi) is 6.59. The zero-order valence-electron chi connectivity index (χ0n) is 22.9. The topological polar surface area (TPSA) is 101 Å². The van der Waals surface area contributed by atoms with Crippen LogP contribution in [0.2, 0.25) is 0 Å². The van der Waals surface area contributed by atoms with E-state index in [0.717, 1.165) is 57.6 Å². The highest BCUT2D eigenvalue weighted by molar-refractivity contribution is 7.07. The molecule has 41 heavy (non-hydrogen) atoms. The highest BCUT2D eigenvalue weighted by Crippen LogP contribution is 2.36. The number of rotatable bonds is 7. The summed E-state index contributed by atoms with van der Waals surface area (Å²) < 4.78 is 4.51. The summed E-state index contributed by atoms with van der Waals surface area (Å²) in [4.78, 5) is 26.6. The first kappa shape index (κ1) is 25.6. The molecule has 1 saturated carbocycles. The van der Waals surface area contributed by atoms with E-state index in [1.807, 2.05) is 49.1 Å². The van der Waals surface area contributed by atoms with Crippen LogP contribution in [-0.2, 0) is 13.5 Å². The number of benzene rings is 2. The van der Waals surface area contributed by atoms with E-state index in [9.17, 15) is 9.90 Å². The van der Waals surface area contributed by atoms with Gasteiger partial charge in [0, 0.05) is 53.8 Å². The predicted octanol–water partition coefficient (Wildman–Crippen LogP) is 6.90. The molecule has 4 heterocycles. The molecule has 1 amide bonds. The lowest BCUT2D eigenvalue weighted by Crippen LogP contribution is -2.30. The van der Waals surface area contributed by atoms with Crippen molar-refractivity contribution in [2.24, 2.45) is 7.05 Å². The van der Waals surface area contributed by atoms with Crippen molar-refractivity contribution >= 4 is 39.2 Å². The average molecular weight is 565 g/mol. The lowest BCUT2D eigenvalue weighted by Gasteiger charge is -2.25. The van der Waals surface area contributed by atoms with Gasteiger partial charge in [-0.1, -0.05) is 19.3 Å². The number of H-pyrrole nitrogens is 1. The molecule has 1 fully saturated rings. The number of phenolic OH excluding ortho intramolecular Hbond substituents is 1. The fraction of sp³-hybridized carbons (Fsp3) is 0.281. The minimum atomic E-state index is -0.329. The first-order valence-corrected chi connectivity index (χ1v) is 15.1. The smallest absolute Gasteiger partial charge is 0.251 e. The molecule has 8 nitrogen and oxygen atoms in total. The van der Waals surface area contributed by atoms with E-state index in [1.165, 1.54) is 30.6 Å². The van der Waals surface area contributed by atoms with Crippen molar-refractivity contribution in [3.63, 3.8) is 0 Å². The summed E-state index contributed by atoms with van der Waals surface area (Å²) in [5.41, 5.74) is 8.08. The number of nitrogens with zero attached hydrogens (tertiary/aromatic N) is 4. The van der Waals surface area contributed by atoms with Gasteiger partial charge in [-0.25, -0.2) is 9.97 Å². The SMILES string of the molecule is Cn1cccc1-c1nc2cc(C(=O)N[C@@H](Cc3c[nH]c4ccc(O)cc34)c3cscn3)ccc2n1C1CCCCC1. The molecule has 6 aromatic rings. The van der Waals surface area contributed by atoms with Gasteiger partial charge in [-0.15, -0.1) is 11.3 Å². The number of phenols is 1. The molecule has 0 aliphatic heterocycles. The Morgan fingerprint density at radius 1 is 1.17 bits per heavy atom. The quantitative estimate of drug-likeness (QED) is 0.196. The Hall–Kier alpha value is -4.37. The Morgan fingerprint density at radius 3 is 2.83 bits per heavy atom. The number of carbonyl (C=O) groups is 1. The van der Waals surface area contributed by atoms with Crippen LogP contribution in [-0.4, -0.2) is 35.1 Å². The number of nitrogens with one attached hydrogen (secondary N) is 2. The van der Waals surface area contributed by atoms with Crippen LogP contribution in [0.4, 0.5) is 0 Å². The summed E-state index contributed by atoms with van der Waals surface area (Å²) in [6, 6.07) is 15.4. The van der Waals surface area contributed by atoms with Crippen LogP contribution in [0.3, 0.4) is 0 Å². The fourth-order valence-electron chi connectivity index (χ4n) is 6.24. The maximum absolute atomic E-state index is 13.7. The van der Waals surface area contributed by atoms with Crippen LogP contribution in [0.25, 0.3) is 33.5 Å². The predicted molar refractivity (Wildman–Crippen MR) is 162 cm³/mol. The van der Waals surface area contributed by atoms with E-state index < -0.39 is 0 Å². The van der Waals surface area contributed by atoms with Crippen LogP contribution in [0.5, 0.6) is 5.75 Å². The first-order valence-electron chi connectivity index (χ1n) is 14.2. The Morgan fingerprint density at radius 2 is 2.05 bits per heavy atom. The van der Waals surface area contributed by atoms with E-state index in [2.05, 4.69) is 36.6 Å². The zero-order valence-corrected chi connectivity index (χ0v) is 23.7. The Bertz CT molecular complexity index is 1840. The van der Waals surface area contributed by atoms with E-state index >= 15 is 0 Å². The van der Waals surface area contributed by atoms with Gasteiger partial charge in [0.1, 0.15) is 5.75 Å². The highest BCUT2D eigenvalue weighted by atomic mass is 32.1. The molecule has 0 saturated heterocycles. The highest BCUT2D eigenvalue weighted by Gasteiger charge is 2.25. The van der Waals surface area contributed by atoms with Crippen molar-refractivity contribution in [1.82, 2.24) is 29.4 Å². The number of aromatic hydroxyl groups is 1. The average Bonchev–Trinajstić information content (AvgIpc) is 3.79. The van der Waals surface area contributed by atoms with Gasteiger partial charge in [0.05, 0.1) is 34.0 Å². The third-order valence-corrected chi connectivity index (χ3v) is 8.96. The van der Waals surface area contributed by atoms with E-state index in [0.29, 0.717) is 18.0 Å². The number of hydrogen-bond donors (Lipinski definition) is 3. The maximum Gasteiger partial charge on any atom is 0.251 e. The maximum atomic E-state index is 13.7. The molecule has 0 bridgehead atoms. The van der Waals surface area contributed by atoms with Gasteiger partial charge in [0.2, 0.25) is 0 Å². The number of aryl methyl sites for hydroxylation is 1. The number of hydrogen-bond acceptors (Lipinski definition) is 5. The van der Waals surface area contributed by atoms with Crippen molar-refractivity contribution in [2.45, 2.75) is 50.6 Å². The standard InChI is InChI=1S/C32H32N6O2S/c1-37-13-5-8-30(37)31-35-27-14-20(9-12-29(27)38(31)22-6-3-2-4-7-22)32(40)36-26(28-18-41-19-34-28)15-21-17-33-25-11-10-23(39)16-24(21)25/h5,8-14,16-19,22,26,33,39H,2-4,6-7,15H2,1H3,(H,36,40)/t26-/m0/s1. The molecular weight excluding hydrogens is 532 g/mol. The van der Waals surface area contributed by atoms with Crippen LogP contribution >= 0.6 is 11.3 Å². The summed E-state index contributed by atoms with van der Waals surface area (Å²) in [6.45, 7) is 0. The molecule has 208 valence electrons. The van der Waals surface area contributed by atoms with Gasteiger partial charge in [0.15, 0.2) is 5.82 Å². The molecule has 7 rings (SSSR count). The van der Waals surface area contributed by atoms with Gasteiger partial charge < -0.3 is 24.5 Å². The largest absolute Gasteiger partial charge is 0.508 e. The van der Waals surface area contributed by atoms with Crippen molar-refractivity contribution in [3.05, 3.63) is 88.6 Å². The summed E-state index contributed by atoms with van der Waals surface area (Å²) in [7, 11) is 2.05. The summed E-state index contributed by atoms with van der Waals surface area (Å²) in [6.07, 6.45) is 10.5. The molecule has 0 unspecified atom stereocenters. The molecule has 0 spiro atoms. The lowest BCUT2D eigenvalue weighted by molar-refractivity contribution is 0.0936. The van der Waals surface area contributed by atoms with Gasteiger partial charge in [-0.05, 0) is 66.9 Å². The van der Waals surface area contributed by atoms with E-state index in [4.69, 9.17) is 4.98 Å². The molecule has 1 aliphatic rings. The van der Waals surface area contributed by atoms with Crippen LogP contribution in [0.1, 0.15) is 65.8 Å². The normalized spacial score (nSPS) is 15.0. The second-order valence-electron chi connectivity index (χ2n) is 11.0. The van der Waals surface area contributed by atoms with Crippen LogP contribution in [0.15, 0.2) is 71.8 Å². The Labute approximate surface area is 241 Å². The van der Waals surface area contributed by atoms with Gasteiger partial charge in [-0.3, -0.25) is 4.79 Å². The zero-order chi connectivity index (χ0) is 27.9. The Balaban J connectivity index is 1.22. The molecular formula is C32H32N6O2S. The lowest BCUT2D eigenvalue weighted by atomic mass is 9.95. The number of amides is 1. The molecule has 1 atom stereocenters. The molecule has 3 N–H and O–H groups in total. The van der Waals surface area contributed by atoms with E-state index in [1.54, 1.807) is 17.6 Å². The molecule has 0 radical (unpaired) electrons. The number of fused-ring (bicyclic) bond motifs is 2. The minimum Gasteiger partial charge on any atom is -0.508 e. The number of imidazole rings is 1. The van der Waals surface area contributed by atoms with E-state index in [-0.39, 0.29) is 17.7 Å². The molecule has 2 aromatic carbocycles. The number of thiazole rings is 1. The molecule has 9 heteroatoms. The van der Waals surface area contributed by atoms with Crippen molar-refractivity contribution in [3.8, 4) is 17.3 Å². The third-order valence-electron chi connectivity index (χ3n) is 8.35. The number of aromatic amines is 1. The van der Waals surface area contributed by atoms with Crippen molar-refractivity contribution in [1.29, 1.82) is 0 Å². The van der Waals surface area contributed by atoms with Crippen molar-refractivity contribution < 1.29 is 9.90 Å². The van der Waals surface area contributed by atoms with Crippen LogP contribution < -0.4 is 5.32 Å². The van der Waals surface area contributed by atoms with Gasteiger partial charge >= 0.3 is 0 Å². The molecule has 1 aliphatic carbocycles. The second-order valence-corrected chi connectivity index (χ2v) is 11.7. The summed E-state index contributed by atoms with van der Waals surface area (Å²) in [5.74, 6) is 1.00. The first-order chi connectivity index (χ1) is 20.0. The second kappa shape index (κ2) is 10.6. The number of aromatic nitrogens is 5. The fourth-order valence-corrected chi connectivity index (χ4v) is 6.85. The summed E-state index contributed by atoms with van der Waals surface area (Å²) in [5, 5.41) is 16.2. The monoisotopic (exact) mass is 564 g/mol. The molecule has 4 aromatic heterocycles. The minimum absolute atomic E-state index is 0.166. The van der Waals surface area contributed by atoms with Crippen molar-refractivity contribution in [2.75, 3.05) is 0 Å². The summed E-state index contributed by atoms with van der Waals surface area (Å²) >= 11 is 1.50. The van der Waals surface area contributed by atoms with Gasteiger partial charge in [-0.2, -0.15) is 0 Å². The van der Waals surface area contributed by atoms with Gasteiger partial charge in [0.25, 0.3) is 5.91 Å². The number of carbonyl (C=O) groups excluding carboxylic acids is 1.